The van der Waals surface area contributed by atoms with E-state index in [1.54, 1.807) is 4.57 Å². The molecule has 0 aliphatic rings. The zero-order chi connectivity index (χ0) is 14.2. The molecule has 0 bridgehead atoms. The van der Waals surface area contributed by atoms with Crippen molar-refractivity contribution in [1.82, 2.24) is 9.55 Å². The molecule has 7 heteroatoms. The minimum atomic E-state index is -4.45. The van der Waals surface area contributed by atoms with Crippen LogP contribution in [0.5, 0.6) is 5.75 Å². The van der Waals surface area contributed by atoms with Crippen molar-refractivity contribution >= 4 is 27.0 Å². The maximum absolute atomic E-state index is 12.9. The summed E-state index contributed by atoms with van der Waals surface area (Å²) in [6.45, 7) is 2.65. The Labute approximate surface area is 116 Å². The van der Waals surface area contributed by atoms with Gasteiger partial charge >= 0.3 is 6.18 Å². The fourth-order valence-electron chi connectivity index (χ4n) is 1.96. The Morgan fingerprint density at radius 1 is 1.42 bits per heavy atom. The normalized spacial score (nSPS) is 12.1. The van der Waals surface area contributed by atoms with Crippen LogP contribution in [0.3, 0.4) is 0 Å². The number of aryl methyl sites for hydroxylation is 1. The van der Waals surface area contributed by atoms with Gasteiger partial charge in [-0.15, -0.1) is 0 Å². The summed E-state index contributed by atoms with van der Waals surface area (Å²) in [7, 11) is 1.35. The number of benzene rings is 1. The predicted molar refractivity (Wildman–Crippen MR) is 69.3 cm³/mol. The predicted octanol–water partition coefficient (Wildman–Crippen LogP) is 4.24. The van der Waals surface area contributed by atoms with Crippen LogP contribution < -0.4 is 4.74 Å². The lowest BCUT2D eigenvalue weighted by atomic mass is 10.1. The molecular formula is C12H12BrF3N2O. The van der Waals surface area contributed by atoms with Crippen LogP contribution in [0.1, 0.15) is 18.9 Å². The molecule has 0 N–H and O–H groups in total. The van der Waals surface area contributed by atoms with Crippen molar-refractivity contribution in [2.24, 2.45) is 0 Å². The number of hydrogen-bond donors (Lipinski definition) is 0. The number of halogens is 4. The first-order valence-corrected chi connectivity index (χ1v) is 6.48. The number of aromatic nitrogens is 2. The summed E-state index contributed by atoms with van der Waals surface area (Å²) in [5.74, 6) is 0.177. The number of methoxy groups -OCH3 is 1. The highest BCUT2D eigenvalue weighted by Crippen LogP contribution is 2.42. The Hall–Kier alpha value is -1.24. The first-order chi connectivity index (χ1) is 8.90. The number of nitrogens with zero attached hydrogens (tertiary/aromatic N) is 2. The van der Waals surface area contributed by atoms with Gasteiger partial charge < -0.3 is 9.30 Å². The average Bonchev–Trinajstić information content (AvgIpc) is 2.74. The van der Waals surface area contributed by atoms with Gasteiger partial charge in [0.15, 0.2) is 0 Å². The van der Waals surface area contributed by atoms with E-state index >= 15 is 0 Å². The van der Waals surface area contributed by atoms with Crippen molar-refractivity contribution in [2.45, 2.75) is 26.1 Å². The zero-order valence-corrected chi connectivity index (χ0v) is 12.0. The molecule has 1 heterocycles. The highest BCUT2D eigenvalue weighted by atomic mass is 79.9. The highest BCUT2D eigenvalue weighted by Gasteiger charge is 2.35. The second-order valence-electron chi connectivity index (χ2n) is 4.07. The highest BCUT2D eigenvalue weighted by molar-refractivity contribution is 9.10. The molecule has 0 radical (unpaired) electrons. The second-order valence-corrected chi connectivity index (χ2v) is 4.87. The van der Waals surface area contributed by atoms with Crippen LogP contribution in [-0.4, -0.2) is 16.7 Å². The summed E-state index contributed by atoms with van der Waals surface area (Å²) in [4.78, 5) is 4.06. The van der Waals surface area contributed by atoms with E-state index in [0.29, 0.717) is 12.1 Å². The van der Waals surface area contributed by atoms with Crippen molar-refractivity contribution in [3.8, 4) is 5.75 Å². The Morgan fingerprint density at radius 2 is 2.11 bits per heavy atom. The van der Waals surface area contributed by atoms with Crippen molar-refractivity contribution in [3.05, 3.63) is 22.4 Å². The summed E-state index contributed by atoms with van der Waals surface area (Å²) >= 11 is 2.99. The van der Waals surface area contributed by atoms with Gasteiger partial charge in [-0.2, -0.15) is 13.2 Å². The van der Waals surface area contributed by atoms with E-state index in [4.69, 9.17) is 4.74 Å². The zero-order valence-electron chi connectivity index (χ0n) is 10.4. The molecule has 1 aromatic carbocycles. The first kappa shape index (κ1) is 14.2. The molecule has 19 heavy (non-hydrogen) atoms. The maximum atomic E-state index is 12.9. The minimum Gasteiger partial charge on any atom is -0.494 e. The Morgan fingerprint density at radius 3 is 2.63 bits per heavy atom. The molecule has 0 unspecified atom stereocenters. The largest absolute Gasteiger partial charge is 0.494 e. The fourth-order valence-corrected chi connectivity index (χ4v) is 2.59. The van der Waals surface area contributed by atoms with E-state index in [1.165, 1.54) is 13.4 Å². The number of rotatable bonds is 3. The van der Waals surface area contributed by atoms with Crippen molar-refractivity contribution in [1.29, 1.82) is 0 Å². The summed E-state index contributed by atoms with van der Waals surface area (Å²) < 4.78 is 45.6. The Kier molecular flexibility index (Phi) is 3.75. The molecule has 0 atom stereocenters. The molecule has 0 saturated carbocycles. The lowest BCUT2D eigenvalue weighted by Crippen LogP contribution is -2.07. The lowest BCUT2D eigenvalue weighted by Gasteiger charge is -2.13. The number of fused-ring (bicyclic) bond motifs is 1. The third kappa shape index (κ3) is 2.43. The van der Waals surface area contributed by atoms with Crippen LogP contribution in [0.2, 0.25) is 0 Å². The summed E-state index contributed by atoms with van der Waals surface area (Å²) in [5.41, 5.74) is 0.0583. The van der Waals surface area contributed by atoms with E-state index in [2.05, 4.69) is 20.9 Å². The van der Waals surface area contributed by atoms with E-state index < -0.39 is 11.7 Å². The number of hydrogen-bond acceptors (Lipinski definition) is 2. The number of alkyl halides is 3. The summed E-state index contributed by atoms with van der Waals surface area (Å²) in [6, 6.07) is 1.00. The fraction of sp³-hybridized carbons (Fsp3) is 0.417. The number of imidazole rings is 1. The minimum absolute atomic E-state index is 0.0503. The van der Waals surface area contributed by atoms with Gasteiger partial charge in [0, 0.05) is 6.54 Å². The Balaban J connectivity index is 2.77. The van der Waals surface area contributed by atoms with E-state index in [1.807, 2.05) is 6.92 Å². The summed E-state index contributed by atoms with van der Waals surface area (Å²) in [5, 5.41) is 0. The van der Waals surface area contributed by atoms with Gasteiger partial charge in [-0.1, -0.05) is 6.92 Å². The van der Waals surface area contributed by atoms with Gasteiger partial charge in [0.1, 0.15) is 16.8 Å². The van der Waals surface area contributed by atoms with E-state index in [9.17, 15) is 13.2 Å². The molecule has 1 aromatic heterocycles. The molecule has 0 spiro atoms. The lowest BCUT2D eigenvalue weighted by molar-refractivity contribution is -0.138. The quantitative estimate of drug-likeness (QED) is 0.838. The van der Waals surface area contributed by atoms with E-state index in [-0.39, 0.29) is 15.7 Å². The monoisotopic (exact) mass is 336 g/mol. The van der Waals surface area contributed by atoms with Crippen LogP contribution in [0.25, 0.3) is 11.0 Å². The maximum Gasteiger partial charge on any atom is 0.417 e. The molecule has 2 aromatic rings. The standard InChI is InChI=1S/C12H12BrF3N2O/c1-3-4-18-6-17-10-9(13)7(12(14,15)16)5-8(19-2)11(10)18/h5-6H,3-4H2,1-2H3. The SMILES string of the molecule is CCCn1cnc2c(Br)c(C(F)(F)F)cc(OC)c21. The second kappa shape index (κ2) is 5.03. The van der Waals surface area contributed by atoms with Gasteiger partial charge in [-0.25, -0.2) is 4.98 Å². The number of ether oxygens (including phenoxy) is 1. The molecular weight excluding hydrogens is 325 g/mol. The first-order valence-electron chi connectivity index (χ1n) is 5.68. The Bertz CT molecular complexity index is 607. The van der Waals surface area contributed by atoms with Gasteiger partial charge in [0.25, 0.3) is 0 Å². The summed E-state index contributed by atoms with van der Waals surface area (Å²) in [6.07, 6.45) is -2.07. The molecule has 3 nitrogen and oxygen atoms in total. The third-order valence-electron chi connectivity index (χ3n) is 2.78. The smallest absolute Gasteiger partial charge is 0.417 e. The van der Waals surface area contributed by atoms with Crippen LogP contribution in [-0.2, 0) is 12.7 Å². The molecule has 2 rings (SSSR count). The topological polar surface area (TPSA) is 27.1 Å². The van der Waals surface area contributed by atoms with Crippen molar-refractivity contribution in [3.63, 3.8) is 0 Å². The van der Waals surface area contributed by atoms with Gasteiger partial charge in [0.05, 0.1) is 23.5 Å². The van der Waals surface area contributed by atoms with Gasteiger partial charge in [-0.3, -0.25) is 0 Å². The molecule has 0 aliphatic heterocycles. The van der Waals surface area contributed by atoms with Crippen molar-refractivity contribution in [2.75, 3.05) is 7.11 Å². The van der Waals surface area contributed by atoms with Crippen molar-refractivity contribution < 1.29 is 17.9 Å². The molecule has 0 fully saturated rings. The van der Waals surface area contributed by atoms with E-state index in [0.717, 1.165) is 12.5 Å². The van der Waals surface area contributed by atoms with Crippen LogP contribution >= 0.6 is 15.9 Å². The average molecular weight is 337 g/mol. The van der Waals surface area contributed by atoms with Crippen LogP contribution in [0.4, 0.5) is 13.2 Å². The molecule has 104 valence electrons. The molecule has 0 aliphatic carbocycles. The third-order valence-corrected chi connectivity index (χ3v) is 3.58. The molecule has 0 saturated heterocycles. The van der Waals surface area contributed by atoms with Crippen LogP contribution in [0, 0.1) is 0 Å². The van der Waals surface area contributed by atoms with Gasteiger partial charge in [-0.05, 0) is 28.4 Å². The van der Waals surface area contributed by atoms with Gasteiger partial charge in [0.2, 0.25) is 0 Å². The molecule has 0 amide bonds. The van der Waals surface area contributed by atoms with Crippen LogP contribution in [0.15, 0.2) is 16.9 Å².